The monoisotopic (exact) mass is 234 g/mol. The van der Waals surface area contributed by atoms with E-state index >= 15 is 0 Å². The number of rotatable bonds is 4. The maximum absolute atomic E-state index is 11.6. The highest BCUT2D eigenvalue weighted by atomic mass is 19.4. The van der Waals surface area contributed by atoms with Gasteiger partial charge in [-0.3, -0.25) is 4.74 Å². The van der Waals surface area contributed by atoms with Crippen molar-refractivity contribution in [3.63, 3.8) is 0 Å². The first-order valence-electron chi connectivity index (χ1n) is 4.80. The van der Waals surface area contributed by atoms with Gasteiger partial charge in [-0.25, -0.2) is 0 Å². The molecule has 0 heterocycles. The lowest BCUT2D eigenvalue weighted by atomic mass is 10.1. The third-order valence-electron chi connectivity index (χ3n) is 2.16. The van der Waals surface area contributed by atoms with Crippen molar-refractivity contribution < 1.29 is 22.6 Å². The zero-order valence-corrected chi connectivity index (χ0v) is 9.10. The highest BCUT2D eigenvalue weighted by Crippen LogP contribution is 2.21. The van der Waals surface area contributed by atoms with Crippen LogP contribution >= 0.6 is 0 Å². The Labute approximate surface area is 92.0 Å². The van der Waals surface area contributed by atoms with E-state index in [-0.39, 0.29) is 6.61 Å². The van der Waals surface area contributed by atoms with Crippen LogP contribution in [0.5, 0.6) is 5.75 Å². The van der Waals surface area contributed by atoms with Gasteiger partial charge in [-0.15, -0.1) is 13.2 Å². The van der Waals surface area contributed by atoms with Crippen molar-refractivity contribution >= 4 is 0 Å². The summed E-state index contributed by atoms with van der Waals surface area (Å²) in [6.07, 6.45) is -4.59. The van der Waals surface area contributed by atoms with Crippen LogP contribution in [0.4, 0.5) is 13.2 Å². The Morgan fingerprint density at radius 2 is 1.81 bits per heavy atom. The summed E-state index contributed by atoms with van der Waals surface area (Å²) in [4.78, 5) is 0. The summed E-state index contributed by atoms with van der Waals surface area (Å²) in [5.74, 6) is 0.589. The van der Waals surface area contributed by atoms with E-state index in [0.29, 0.717) is 5.75 Å². The maximum atomic E-state index is 11.6. The Morgan fingerprint density at radius 3 is 2.44 bits per heavy atom. The zero-order chi connectivity index (χ0) is 12.2. The minimum absolute atomic E-state index is 0.121. The smallest absolute Gasteiger partial charge is 0.491 e. The molecule has 0 aliphatic rings. The van der Waals surface area contributed by atoms with E-state index in [2.05, 4.69) is 4.74 Å². The van der Waals surface area contributed by atoms with Gasteiger partial charge in [0.15, 0.2) is 0 Å². The zero-order valence-electron chi connectivity index (χ0n) is 9.10. The number of ether oxygens (including phenoxy) is 2. The molecule has 90 valence electrons. The van der Waals surface area contributed by atoms with E-state index < -0.39 is 13.0 Å². The van der Waals surface area contributed by atoms with Gasteiger partial charge in [0.25, 0.3) is 0 Å². The van der Waals surface area contributed by atoms with Gasteiger partial charge in [-0.2, -0.15) is 0 Å². The molecule has 0 N–H and O–H groups in total. The van der Waals surface area contributed by atoms with Crippen LogP contribution in [0.1, 0.15) is 11.1 Å². The molecule has 0 unspecified atom stereocenters. The minimum Gasteiger partial charge on any atom is -0.491 e. The fraction of sp³-hybridized carbons (Fsp3) is 0.455. The number of benzene rings is 1. The molecule has 0 saturated heterocycles. The van der Waals surface area contributed by atoms with Gasteiger partial charge in [-0.1, -0.05) is 12.1 Å². The highest BCUT2D eigenvalue weighted by molar-refractivity contribution is 5.38. The third kappa shape index (κ3) is 4.10. The minimum atomic E-state index is -4.59. The lowest BCUT2D eigenvalue weighted by Crippen LogP contribution is -2.18. The van der Waals surface area contributed by atoms with Gasteiger partial charge in [0, 0.05) is 0 Å². The third-order valence-corrected chi connectivity index (χ3v) is 2.16. The average Bonchev–Trinajstić information content (AvgIpc) is 2.17. The van der Waals surface area contributed by atoms with Crippen molar-refractivity contribution in [3.8, 4) is 5.75 Å². The van der Waals surface area contributed by atoms with Gasteiger partial charge in [0.05, 0.1) is 6.61 Å². The molecule has 1 aromatic carbocycles. The first-order valence-corrected chi connectivity index (χ1v) is 4.80. The molecule has 0 amide bonds. The van der Waals surface area contributed by atoms with Crippen LogP contribution in [0.15, 0.2) is 18.2 Å². The molecular formula is C11H13F3O2. The number of aryl methyl sites for hydroxylation is 1. The summed E-state index contributed by atoms with van der Waals surface area (Å²) in [5.41, 5.74) is 1.96. The molecule has 5 heteroatoms. The van der Waals surface area contributed by atoms with Gasteiger partial charge < -0.3 is 4.74 Å². The summed E-state index contributed by atoms with van der Waals surface area (Å²) in [7, 11) is 0. The molecule has 0 aliphatic carbocycles. The summed E-state index contributed by atoms with van der Waals surface area (Å²) in [6, 6.07) is 5.42. The number of alkyl halides is 3. The Kier molecular flexibility index (Phi) is 4.18. The maximum Gasteiger partial charge on any atom is 0.522 e. The summed E-state index contributed by atoms with van der Waals surface area (Å²) < 4.78 is 43.7. The average molecular weight is 234 g/mol. The van der Waals surface area contributed by atoms with E-state index in [1.54, 1.807) is 12.1 Å². The predicted octanol–water partition coefficient (Wildman–Crippen LogP) is 3.22. The van der Waals surface area contributed by atoms with Gasteiger partial charge in [0.1, 0.15) is 12.4 Å². The molecule has 0 saturated carbocycles. The molecule has 0 bridgehead atoms. The van der Waals surface area contributed by atoms with E-state index in [4.69, 9.17) is 4.74 Å². The van der Waals surface area contributed by atoms with Crippen LogP contribution in [-0.2, 0) is 4.74 Å². The summed E-state index contributed by atoms with van der Waals surface area (Å²) in [5, 5.41) is 0. The van der Waals surface area contributed by atoms with Crippen molar-refractivity contribution in [3.05, 3.63) is 29.3 Å². The number of halogens is 3. The summed E-state index contributed by atoms with van der Waals surface area (Å²) in [6.45, 7) is 3.14. The van der Waals surface area contributed by atoms with Crippen LogP contribution in [0.25, 0.3) is 0 Å². The Balaban J connectivity index is 2.41. The Hall–Kier alpha value is -1.23. The van der Waals surface area contributed by atoms with Crippen molar-refractivity contribution in [2.24, 2.45) is 0 Å². The molecule has 0 spiro atoms. The number of hydrogen-bond acceptors (Lipinski definition) is 2. The Morgan fingerprint density at radius 1 is 1.12 bits per heavy atom. The first-order chi connectivity index (χ1) is 7.40. The van der Waals surface area contributed by atoms with Gasteiger partial charge in [0.2, 0.25) is 0 Å². The molecule has 0 fully saturated rings. The normalized spacial score (nSPS) is 11.6. The second-order valence-corrected chi connectivity index (χ2v) is 3.34. The highest BCUT2D eigenvalue weighted by Gasteiger charge is 2.28. The molecule has 0 aromatic heterocycles. The second-order valence-electron chi connectivity index (χ2n) is 3.34. The first kappa shape index (κ1) is 12.8. The molecule has 2 nitrogen and oxygen atoms in total. The summed E-state index contributed by atoms with van der Waals surface area (Å²) >= 11 is 0. The van der Waals surface area contributed by atoms with Crippen molar-refractivity contribution in [2.45, 2.75) is 20.2 Å². The second kappa shape index (κ2) is 5.21. The fourth-order valence-electron chi connectivity index (χ4n) is 1.19. The van der Waals surface area contributed by atoms with Crippen LogP contribution in [0, 0.1) is 13.8 Å². The van der Waals surface area contributed by atoms with E-state index in [1.165, 1.54) is 0 Å². The SMILES string of the molecule is Cc1cccc(OCCOC(F)(F)F)c1C. The molecule has 0 atom stereocenters. The van der Waals surface area contributed by atoms with Crippen LogP contribution in [0.3, 0.4) is 0 Å². The fourth-order valence-corrected chi connectivity index (χ4v) is 1.19. The van der Waals surface area contributed by atoms with E-state index in [9.17, 15) is 13.2 Å². The molecule has 1 aromatic rings. The molecule has 1 rings (SSSR count). The van der Waals surface area contributed by atoms with Crippen molar-refractivity contribution in [2.75, 3.05) is 13.2 Å². The quantitative estimate of drug-likeness (QED) is 0.745. The van der Waals surface area contributed by atoms with Crippen molar-refractivity contribution in [1.82, 2.24) is 0 Å². The molecule has 0 radical (unpaired) electrons. The van der Waals surface area contributed by atoms with Gasteiger partial charge >= 0.3 is 6.36 Å². The van der Waals surface area contributed by atoms with Crippen LogP contribution in [-0.4, -0.2) is 19.6 Å². The Bertz CT molecular complexity index is 348. The standard InChI is InChI=1S/C11H13F3O2/c1-8-4-3-5-10(9(8)2)15-6-7-16-11(12,13)14/h3-5H,6-7H2,1-2H3. The predicted molar refractivity (Wildman–Crippen MR) is 53.4 cm³/mol. The van der Waals surface area contributed by atoms with Gasteiger partial charge in [-0.05, 0) is 31.0 Å². The molecule has 0 aliphatic heterocycles. The van der Waals surface area contributed by atoms with E-state index in [1.807, 2.05) is 19.9 Å². The molecular weight excluding hydrogens is 221 g/mol. The lowest BCUT2D eigenvalue weighted by molar-refractivity contribution is -0.325. The molecule has 16 heavy (non-hydrogen) atoms. The topological polar surface area (TPSA) is 18.5 Å². The lowest BCUT2D eigenvalue weighted by Gasteiger charge is -2.11. The van der Waals surface area contributed by atoms with Crippen LogP contribution < -0.4 is 4.74 Å². The number of hydrogen-bond donors (Lipinski definition) is 0. The van der Waals surface area contributed by atoms with E-state index in [0.717, 1.165) is 11.1 Å². The van der Waals surface area contributed by atoms with Crippen LogP contribution in [0.2, 0.25) is 0 Å². The van der Waals surface area contributed by atoms with Crippen molar-refractivity contribution in [1.29, 1.82) is 0 Å². The largest absolute Gasteiger partial charge is 0.522 e.